The lowest BCUT2D eigenvalue weighted by molar-refractivity contribution is 0.147. The molecule has 2 aliphatic heterocycles. The van der Waals surface area contributed by atoms with Crippen LogP contribution in [0.15, 0.2) is 18.2 Å². The third-order valence-electron chi connectivity index (χ3n) is 4.85. The zero-order valence-electron chi connectivity index (χ0n) is 13.6. The number of ether oxygens (including phenoxy) is 2. The number of nitrogens with zero attached hydrogens (tertiary/aromatic N) is 1. The minimum absolute atomic E-state index is 0.0540. The van der Waals surface area contributed by atoms with Gasteiger partial charge in [-0.1, -0.05) is 25.5 Å². The first-order valence-electron chi connectivity index (χ1n) is 8.59. The van der Waals surface area contributed by atoms with Crippen molar-refractivity contribution < 1.29 is 9.47 Å². The second-order valence-corrected chi connectivity index (χ2v) is 6.68. The summed E-state index contributed by atoms with van der Waals surface area (Å²) in [5.74, 6) is 1.84. The average molecular weight is 304 g/mol. The molecule has 2 N–H and O–H groups in total. The summed E-state index contributed by atoms with van der Waals surface area (Å²) < 4.78 is 11.7. The maximum Gasteiger partial charge on any atom is 0.165 e. The number of likely N-dealkylation sites (tertiary alicyclic amines) is 1. The second-order valence-electron chi connectivity index (χ2n) is 6.68. The molecule has 22 heavy (non-hydrogen) atoms. The quantitative estimate of drug-likeness (QED) is 0.929. The van der Waals surface area contributed by atoms with E-state index in [2.05, 4.69) is 24.0 Å². The Morgan fingerprint density at radius 2 is 1.95 bits per heavy atom. The number of piperidine rings is 1. The first kappa shape index (κ1) is 15.6. The van der Waals surface area contributed by atoms with Gasteiger partial charge >= 0.3 is 0 Å². The molecule has 0 bridgehead atoms. The van der Waals surface area contributed by atoms with E-state index in [4.69, 9.17) is 15.2 Å². The predicted octanol–water partition coefficient (Wildman–Crippen LogP) is 2.94. The van der Waals surface area contributed by atoms with Gasteiger partial charge in [-0.25, -0.2) is 0 Å². The van der Waals surface area contributed by atoms with E-state index in [0.29, 0.717) is 0 Å². The van der Waals surface area contributed by atoms with Gasteiger partial charge in [0, 0.05) is 37.2 Å². The van der Waals surface area contributed by atoms with Gasteiger partial charge in [-0.15, -0.1) is 0 Å². The highest BCUT2D eigenvalue weighted by molar-refractivity contribution is 5.47. The molecule has 0 spiro atoms. The van der Waals surface area contributed by atoms with E-state index in [9.17, 15) is 0 Å². The van der Waals surface area contributed by atoms with E-state index in [0.717, 1.165) is 70.0 Å². The van der Waals surface area contributed by atoms with Crippen molar-refractivity contribution in [3.05, 3.63) is 23.8 Å². The highest BCUT2D eigenvalue weighted by atomic mass is 16.5. The van der Waals surface area contributed by atoms with Crippen LogP contribution in [0.3, 0.4) is 0 Å². The zero-order chi connectivity index (χ0) is 15.4. The van der Waals surface area contributed by atoms with Gasteiger partial charge in [-0.05, 0) is 25.3 Å². The van der Waals surface area contributed by atoms with Crippen molar-refractivity contribution in [3.63, 3.8) is 0 Å². The number of para-hydroxylation sites is 1. The van der Waals surface area contributed by atoms with Crippen LogP contribution in [0.1, 0.15) is 44.6 Å². The van der Waals surface area contributed by atoms with Gasteiger partial charge in [0.1, 0.15) is 0 Å². The summed E-state index contributed by atoms with van der Waals surface area (Å²) in [6, 6.07) is 6.23. The lowest BCUT2D eigenvalue weighted by Crippen LogP contribution is -2.50. The van der Waals surface area contributed by atoms with Crippen LogP contribution in [0, 0.1) is 0 Å². The molecular formula is C18H28N2O2. The maximum absolute atomic E-state index is 6.49. The Bertz CT molecular complexity index is 496. The summed E-state index contributed by atoms with van der Waals surface area (Å²) in [7, 11) is 0. The normalized spacial score (nSPS) is 21.4. The van der Waals surface area contributed by atoms with Crippen LogP contribution in [-0.4, -0.2) is 36.7 Å². The Balaban J connectivity index is 1.65. The Labute approximate surface area is 133 Å². The molecule has 1 aromatic rings. The minimum Gasteiger partial charge on any atom is -0.490 e. The van der Waals surface area contributed by atoms with Gasteiger partial charge in [0.25, 0.3) is 0 Å². The van der Waals surface area contributed by atoms with E-state index < -0.39 is 0 Å². The molecule has 0 aromatic heterocycles. The Hall–Kier alpha value is -1.26. The molecule has 3 rings (SSSR count). The van der Waals surface area contributed by atoms with Crippen molar-refractivity contribution in [2.24, 2.45) is 5.73 Å². The molecular weight excluding hydrogens is 276 g/mol. The molecule has 0 radical (unpaired) electrons. The predicted molar refractivity (Wildman–Crippen MR) is 88.4 cm³/mol. The topological polar surface area (TPSA) is 47.7 Å². The van der Waals surface area contributed by atoms with Crippen LogP contribution in [-0.2, 0) is 6.54 Å². The number of rotatable bonds is 4. The smallest absolute Gasteiger partial charge is 0.165 e. The van der Waals surface area contributed by atoms with E-state index in [-0.39, 0.29) is 5.54 Å². The van der Waals surface area contributed by atoms with Gasteiger partial charge in [-0.2, -0.15) is 0 Å². The monoisotopic (exact) mass is 304 g/mol. The summed E-state index contributed by atoms with van der Waals surface area (Å²) in [6.45, 7) is 6.77. The number of hydrogen-bond acceptors (Lipinski definition) is 4. The van der Waals surface area contributed by atoms with Crippen LogP contribution in [0.5, 0.6) is 11.5 Å². The molecule has 4 heteroatoms. The standard InChI is InChI=1S/C18H28N2O2/c1-2-7-18(19)8-10-20(11-9-18)14-15-5-3-6-16-17(15)22-13-4-12-21-16/h3,5-6H,2,4,7-14,19H2,1H3. The second kappa shape index (κ2) is 6.88. The number of benzene rings is 1. The molecule has 2 aliphatic rings. The highest BCUT2D eigenvalue weighted by Crippen LogP contribution is 2.35. The van der Waals surface area contributed by atoms with Crippen LogP contribution in [0.2, 0.25) is 0 Å². The van der Waals surface area contributed by atoms with Gasteiger partial charge in [0.05, 0.1) is 13.2 Å². The molecule has 2 heterocycles. The number of hydrogen-bond donors (Lipinski definition) is 1. The van der Waals surface area contributed by atoms with Gasteiger partial charge < -0.3 is 15.2 Å². The van der Waals surface area contributed by atoms with E-state index in [1.807, 2.05) is 6.07 Å². The summed E-state index contributed by atoms with van der Waals surface area (Å²) >= 11 is 0. The summed E-state index contributed by atoms with van der Waals surface area (Å²) in [5, 5.41) is 0. The first-order valence-corrected chi connectivity index (χ1v) is 8.59. The fourth-order valence-electron chi connectivity index (χ4n) is 3.52. The van der Waals surface area contributed by atoms with Crippen molar-refractivity contribution in [1.29, 1.82) is 0 Å². The highest BCUT2D eigenvalue weighted by Gasteiger charge is 2.30. The van der Waals surface area contributed by atoms with Crippen LogP contribution in [0.4, 0.5) is 0 Å². The molecule has 1 saturated heterocycles. The number of nitrogens with two attached hydrogens (primary N) is 1. The zero-order valence-corrected chi connectivity index (χ0v) is 13.6. The molecule has 4 nitrogen and oxygen atoms in total. The molecule has 0 saturated carbocycles. The SMILES string of the molecule is CCCC1(N)CCN(Cc2cccc3c2OCCCO3)CC1. The maximum atomic E-state index is 6.49. The molecule has 122 valence electrons. The van der Waals surface area contributed by atoms with Crippen LogP contribution >= 0.6 is 0 Å². The largest absolute Gasteiger partial charge is 0.490 e. The van der Waals surface area contributed by atoms with Gasteiger partial charge in [-0.3, -0.25) is 4.90 Å². The van der Waals surface area contributed by atoms with Crippen LogP contribution < -0.4 is 15.2 Å². The summed E-state index contributed by atoms with van der Waals surface area (Å²) in [5.41, 5.74) is 7.77. The Morgan fingerprint density at radius 1 is 1.18 bits per heavy atom. The van der Waals surface area contributed by atoms with Gasteiger partial charge in [0.15, 0.2) is 11.5 Å². The molecule has 1 aromatic carbocycles. The summed E-state index contributed by atoms with van der Waals surface area (Å²) in [4.78, 5) is 2.49. The molecule has 0 unspecified atom stereocenters. The van der Waals surface area contributed by atoms with E-state index in [1.165, 1.54) is 12.0 Å². The first-order chi connectivity index (χ1) is 10.7. The summed E-state index contributed by atoms with van der Waals surface area (Å²) in [6.07, 6.45) is 5.44. The minimum atomic E-state index is 0.0540. The lowest BCUT2D eigenvalue weighted by Gasteiger charge is -2.39. The third kappa shape index (κ3) is 3.55. The third-order valence-corrected chi connectivity index (χ3v) is 4.85. The molecule has 1 fully saturated rings. The van der Waals surface area contributed by atoms with Crippen molar-refractivity contribution in [2.75, 3.05) is 26.3 Å². The molecule has 0 amide bonds. The van der Waals surface area contributed by atoms with Crippen LogP contribution in [0.25, 0.3) is 0 Å². The average Bonchev–Trinajstić information content (AvgIpc) is 2.76. The van der Waals surface area contributed by atoms with Crippen molar-refractivity contribution in [3.8, 4) is 11.5 Å². The van der Waals surface area contributed by atoms with E-state index in [1.54, 1.807) is 0 Å². The van der Waals surface area contributed by atoms with Crippen molar-refractivity contribution in [2.45, 2.75) is 51.1 Å². The number of fused-ring (bicyclic) bond motifs is 1. The Kier molecular flexibility index (Phi) is 4.89. The van der Waals surface area contributed by atoms with E-state index >= 15 is 0 Å². The van der Waals surface area contributed by atoms with Crippen molar-refractivity contribution in [1.82, 2.24) is 4.90 Å². The molecule has 0 atom stereocenters. The van der Waals surface area contributed by atoms with Crippen molar-refractivity contribution >= 4 is 0 Å². The fourth-order valence-corrected chi connectivity index (χ4v) is 3.52. The lowest BCUT2D eigenvalue weighted by atomic mass is 9.84. The Morgan fingerprint density at radius 3 is 2.73 bits per heavy atom. The fraction of sp³-hybridized carbons (Fsp3) is 0.667. The van der Waals surface area contributed by atoms with Gasteiger partial charge in [0.2, 0.25) is 0 Å². The molecule has 0 aliphatic carbocycles.